The van der Waals surface area contributed by atoms with E-state index in [0.29, 0.717) is 33.9 Å². The number of carbonyl (C=O) groups is 3. The Morgan fingerprint density at radius 3 is 1.90 bits per heavy atom. The zero-order valence-electron chi connectivity index (χ0n) is 20.9. The molecule has 0 spiro atoms. The number of carboxylic acids is 1. The van der Waals surface area contributed by atoms with E-state index in [9.17, 15) is 23.7 Å². The van der Waals surface area contributed by atoms with Crippen LogP contribution in [0.15, 0.2) is 114 Å². The van der Waals surface area contributed by atoms with E-state index in [-0.39, 0.29) is 18.4 Å². The van der Waals surface area contributed by atoms with Gasteiger partial charge >= 0.3 is 12.0 Å². The Morgan fingerprint density at radius 2 is 1.28 bits per heavy atom. The summed E-state index contributed by atoms with van der Waals surface area (Å²) in [6, 6.07) is 31.0. The van der Waals surface area contributed by atoms with E-state index in [1.54, 1.807) is 72.8 Å². The molecule has 0 saturated carbocycles. The van der Waals surface area contributed by atoms with Crippen molar-refractivity contribution < 1.29 is 23.7 Å². The first-order valence-electron chi connectivity index (χ1n) is 12.2. The predicted octanol–water partition coefficient (Wildman–Crippen LogP) is 5.58. The number of amides is 3. The van der Waals surface area contributed by atoms with Crippen molar-refractivity contribution in [1.82, 2.24) is 5.32 Å². The first-order chi connectivity index (χ1) is 18.9. The molecule has 9 heteroatoms. The lowest BCUT2D eigenvalue weighted by atomic mass is 10.1. The van der Waals surface area contributed by atoms with Gasteiger partial charge in [-0.1, -0.05) is 60.7 Å². The molecule has 39 heavy (non-hydrogen) atoms. The molecule has 0 fully saturated rings. The minimum atomic E-state index is -1.60. The fourth-order valence-electron chi connectivity index (χ4n) is 3.84. The van der Waals surface area contributed by atoms with E-state index in [0.717, 1.165) is 5.56 Å². The highest BCUT2D eigenvalue weighted by atomic mass is 32.2. The largest absolute Gasteiger partial charge is 0.481 e. The number of benzene rings is 4. The molecule has 4 aromatic carbocycles. The van der Waals surface area contributed by atoms with Gasteiger partial charge in [-0.15, -0.1) is 0 Å². The van der Waals surface area contributed by atoms with Gasteiger partial charge in [-0.3, -0.25) is 13.8 Å². The average Bonchev–Trinajstić information content (AvgIpc) is 2.96. The van der Waals surface area contributed by atoms with E-state index >= 15 is 0 Å². The highest BCUT2D eigenvalue weighted by Crippen LogP contribution is 2.29. The molecular weight excluding hydrogens is 514 g/mol. The van der Waals surface area contributed by atoms with Crippen LogP contribution in [0.3, 0.4) is 0 Å². The smallest absolute Gasteiger partial charge is 0.319 e. The minimum absolute atomic E-state index is 0.269. The zero-order chi connectivity index (χ0) is 27.6. The summed E-state index contributed by atoms with van der Waals surface area (Å²) in [7, 11) is -1.60. The summed E-state index contributed by atoms with van der Waals surface area (Å²) in [5.41, 5.74) is 3.09. The maximum Gasteiger partial charge on any atom is 0.319 e. The van der Waals surface area contributed by atoms with Gasteiger partial charge < -0.3 is 21.1 Å². The number of nitrogens with one attached hydrogen (secondary N) is 3. The van der Waals surface area contributed by atoms with Gasteiger partial charge in [0.25, 0.3) is 5.91 Å². The molecule has 0 aromatic heterocycles. The van der Waals surface area contributed by atoms with Crippen molar-refractivity contribution in [3.63, 3.8) is 0 Å². The van der Waals surface area contributed by atoms with Gasteiger partial charge in [0, 0.05) is 28.4 Å². The Hall–Kier alpha value is -4.76. The fraction of sp³-hybridized carbons (Fsp3) is 0.100. The third-order valence-electron chi connectivity index (χ3n) is 5.84. The standard InChI is InChI=1S/C30H27N3O5S/c34-28(35)19-27(22-9-5-2-6-10-22)39(38)26-17-15-24(16-18-26)32-29(36)23-11-13-25(14-12-23)33-30(37)31-20-21-7-3-1-4-8-21/h1-18,27H,19-20H2,(H,32,36)(H,34,35)(H2,31,33,37). The molecule has 4 aromatic rings. The lowest BCUT2D eigenvalue weighted by Crippen LogP contribution is -2.28. The topological polar surface area (TPSA) is 125 Å². The molecule has 0 bridgehead atoms. The van der Waals surface area contributed by atoms with E-state index < -0.39 is 22.0 Å². The highest BCUT2D eigenvalue weighted by molar-refractivity contribution is 7.85. The fourth-order valence-corrected chi connectivity index (χ4v) is 5.27. The number of rotatable bonds is 10. The van der Waals surface area contributed by atoms with Gasteiger partial charge in [0.15, 0.2) is 0 Å². The molecule has 8 nitrogen and oxygen atoms in total. The number of carbonyl (C=O) groups excluding carboxylic acids is 2. The molecule has 0 heterocycles. The summed E-state index contributed by atoms with van der Waals surface area (Å²) in [5.74, 6) is -1.38. The van der Waals surface area contributed by atoms with Crippen LogP contribution in [-0.2, 0) is 22.1 Å². The van der Waals surface area contributed by atoms with Gasteiger partial charge in [-0.05, 0) is 59.7 Å². The second-order valence-electron chi connectivity index (χ2n) is 8.64. The average molecular weight is 542 g/mol. The van der Waals surface area contributed by atoms with E-state index in [2.05, 4.69) is 16.0 Å². The van der Waals surface area contributed by atoms with Crippen LogP contribution in [0.4, 0.5) is 16.2 Å². The molecular formula is C30H27N3O5S. The molecule has 198 valence electrons. The zero-order valence-corrected chi connectivity index (χ0v) is 21.7. The van der Waals surface area contributed by atoms with Gasteiger partial charge in [0.05, 0.1) is 22.5 Å². The van der Waals surface area contributed by atoms with Crippen LogP contribution in [0.2, 0.25) is 0 Å². The van der Waals surface area contributed by atoms with Crippen LogP contribution in [0.5, 0.6) is 0 Å². The SMILES string of the molecule is O=C(O)CC(c1ccccc1)S(=O)c1ccc(NC(=O)c2ccc(NC(=O)NCc3ccccc3)cc2)cc1. The Balaban J connectivity index is 1.33. The van der Waals surface area contributed by atoms with Crippen LogP contribution < -0.4 is 16.0 Å². The first-order valence-corrected chi connectivity index (χ1v) is 13.4. The monoisotopic (exact) mass is 541 g/mol. The Kier molecular flexibility index (Phi) is 9.20. The third-order valence-corrected chi connectivity index (χ3v) is 7.53. The molecule has 0 radical (unpaired) electrons. The number of carboxylic acid groups (broad SMARTS) is 1. The molecule has 4 rings (SSSR count). The predicted molar refractivity (Wildman–Crippen MR) is 151 cm³/mol. The molecule has 0 aliphatic rings. The molecule has 0 aliphatic heterocycles. The lowest BCUT2D eigenvalue weighted by molar-refractivity contribution is -0.137. The Morgan fingerprint density at radius 1 is 0.718 bits per heavy atom. The third kappa shape index (κ3) is 7.86. The van der Waals surface area contributed by atoms with Gasteiger partial charge in [0.1, 0.15) is 0 Å². The van der Waals surface area contributed by atoms with Gasteiger partial charge in [-0.2, -0.15) is 0 Å². The maximum absolute atomic E-state index is 13.2. The van der Waals surface area contributed by atoms with Gasteiger partial charge in [0.2, 0.25) is 0 Å². The van der Waals surface area contributed by atoms with Crippen LogP contribution in [-0.4, -0.2) is 27.2 Å². The first kappa shape index (κ1) is 27.3. The summed E-state index contributed by atoms with van der Waals surface area (Å²) in [6.07, 6.45) is -0.269. The second-order valence-corrected chi connectivity index (χ2v) is 10.3. The summed E-state index contributed by atoms with van der Waals surface area (Å²) < 4.78 is 13.2. The van der Waals surface area contributed by atoms with E-state index in [1.807, 2.05) is 36.4 Å². The quantitative estimate of drug-likeness (QED) is 0.209. The van der Waals surface area contributed by atoms with Crippen LogP contribution in [0, 0.1) is 0 Å². The van der Waals surface area contributed by atoms with Crippen molar-refractivity contribution in [2.24, 2.45) is 0 Å². The van der Waals surface area contributed by atoms with Crippen LogP contribution >= 0.6 is 0 Å². The maximum atomic E-state index is 13.2. The number of hydrogen-bond donors (Lipinski definition) is 4. The van der Waals surface area contributed by atoms with Crippen molar-refractivity contribution >= 4 is 40.1 Å². The Bertz CT molecular complexity index is 1440. The van der Waals surface area contributed by atoms with E-state index in [1.165, 1.54) is 0 Å². The van der Waals surface area contributed by atoms with Crippen molar-refractivity contribution in [2.45, 2.75) is 23.1 Å². The van der Waals surface area contributed by atoms with Gasteiger partial charge in [-0.25, -0.2) is 4.79 Å². The molecule has 3 amide bonds. The molecule has 2 atom stereocenters. The summed E-state index contributed by atoms with van der Waals surface area (Å²) in [5, 5.41) is 16.9. The van der Waals surface area contributed by atoms with Crippen LogP contribution in [0.25, 0.3) is 0 Å². The van der Waals surface area contributed by atoms with Crippen molar-refractivity contribution in [3.8, 4) is 0 Å². The minimum Gasteiger partial charge on any atom is -0.481 e. The van der Waals surface area contributed by atoms with Crippen molar-refractivity contribution in [1.29, 1.82) is 0 Å². The summed E-state index contributed by atoms with van der Waals surface area (Å²) >= 11 is 0. The number of anilines is 2. The summed E-state index contributed by atoms with van der Waals surface area (Å²) in [6.45, 7) is 0.395. The summed E-state index contributed by atoms with van der Waals surface area (Å²) in [4.78, 5) is 36.7. The lowest BCUT2D eigenvalue weighted by Gasteiger charge is -2.15. The number of urea groups is 1. The molecule has 2 unspecified atom stereocenters. The van der Waals surface area contributed by atoms with Crippen LogP contribution in [0.1, 0.15) is 33.2 Å². The highest BCUT2D eigenvalue weighted by Gasteiger charge is 2.23. The molecule has 0 aliphatic carbocycles. The number of hydrogen-bond acceptors (Lipinski definition) is 4. The van der Waals surface area contributed by atoms with Crippen molar-refractivity contribution in [2.75, 3.05) is 10.6 Å². The normalized spacial score (nSPS) is 12.1. The molecule has 0 saturated heterocycles. The van der Waals surface area contributed by atoms with E-state index in [4.69, 9.17) is 0 Å². The number of aliphatic carboxylic acids is 1. The molecule has 4 N–H and O–H groups in total. The van der Waals surface area contributed by atoms with Crippen molar-refractivity contribution in [3.05, 3.63) is 126 Å². The Labute approximate surface area is 228 Å². The second kappa shape index (κ2) is 13.2.